The van der Waals surface area contributed by atoms with Gasteiger partial charge >= 0.3 is 0 Å². The molecule has 0 fully saturated rings. The van der Waals surface area contributed by atoms with Crippen molar-refractivity contribution in [2.45, 2.75) is 5.33 Å². The zero-order valence-corrected chi connectivity index (χ0v) is 7.43. The van der Waals surface area contributed by atoms with E-state index < -0.39 is 0 Å². The number of alkyl halides is 1. The Balaban J connectivity index is 3.12. The van der Waals surface area contributed by atoms with Gasteiger partial charge in [0.15, 0.2) is 0 Å². The standard InChI is InChI=1S/C8H7BrN2/c9-4-7-2-1-6(5-10)3-8(7)11/h1-3H,4,11H2. The van der Waals surface area contributed by atoms with Crippen molar-refractivity contribution in [3.8, 4) is 6.07 Å². The molecular formula is C8H7BrN2. The number of nitrogens with zero attached hydrogens (tertiary/aromatic N) is 1. The van der Waals surface area contributed by atoms with Gasteiger partial charge in [0, 0.05) is 11.0 Å². The number of halogens is 1. The van der Waals surface area contributed by atoms with Gasteiger partial charge in [-0.3, -0.25) is 0 Å². The van der Waals surface area contributed by atoms with Crippen LogP contribution in [0, 0.1) is 11.3 Å². The van der Waals surface area contributed by atoms with Crippen LogP contribution in [0.1, 0.15) is 11.1 Å². The summed E-state index contributed by atoms with van der Waals surface area (Å²) in [4.78, 5) is 0. The molecular weight excluding hydrogens is 204 g/mol. The monoisotopic (exact) mass is 210 g/mol. The molecule has 0 amide bonds. The number of hydrogen-bond donors (Lipinski definition) is 1. The first-order valence-corrected chi connectivity index (χ1v) is 4.24. The lowest BCUT2D eigenvalue weighted by atomic mass is 10.1. The third-order valence-electron chi connectivity index (χ3n) is 1.42. The third kappa shape index (κ3) is 1.72. The Morgan fingerprint density at radius 3 is 2.73 bits per heavy atom. The zero-order valence-electron chi connectivity index (χ0n) is 5.84. The number of benzene rings is 1. The molecule has 0 unspecified atom stereocenters. The molecule has 0 aliphatic carbocycles. The van der Waals surface area contributed by atoms with Crippen molar-refractivity contribution in [2.24, 2.45) is 0 Å². The summed E-state index contributed by atoms with van der Waals surface area (Å²) in [5, 5.41) is 9.24. The Kier molecular flexibility index (Phi) is 2.50. The lowest BCUT2D eigenvalue weighted by Crippen LogP contribution is -1.91. The molecule has 0 spiro atoms. The first-order valence-electron chi connectivity index (χ1n) is 3.12. The van der Waals surface area contributed by atoms with Gasteiger partial charge < -0.3 is 5.73 Å². The van der Waals surface area contributed by atoms with Crippen molar-refractivity contribution in [1.82, 2.24) is 0 Å². The lowest BCUT2D eigenvalue weighted by molar-refractivity contribution is 1.41. The van der Waals surface area contributed by atoms with Gasteiger partial charge in [-0.1, -0.05) is 22.0 Å². The Bertz CT molecular complexity index is 301. The molecule has 1 aromatic carbocycles. The molecule has 0 saturated carbocycles. The van der Waals surface area contributed by atoms with E-state index in [1.165, 1.54) is 0 Å². The quantitative estimate of drug-likeness (QED) is 0.570. The highest BCUT2D eigenvalue weighted by Crippen LogP contribution is 2.16. The van der Waals surface area contributed by atoms with E-state index in [4.69, 9.17) is 11.0 Å². The Morgan fingerprint density at radius 2 is 2.27 bits per heavy atom. The maximum Gasteiger partial charge on any atom is 0.0992 e. The second kappa shape index (κ2) is 3.40. The number of rotatable bonds is 1. The molecule has 0 aromatic heterocycles. The first-order chi connectivity index (χ1) is 5.27. The second-order valence-corrected chi connectivity index (χ2v) is 2.72. The van der Waals surface area contributed by atoms with Crippen molar-refractivity contribution in [3.63, 3.8) is 0 Å². The van der Waals surface area contributed by atoms with Crippen molar-refractivity contribution in [1.29, 1.82) is 5.26 Å². The van der Waals surface area contributed by atoms with Crippen LogP contribution in [0.15, 0.2) is 18.2 Å². The fraction of sp³-hybridized carbons (Fsp3) is 0.125. The molecule has 0 aliphatic rings. The summed E-state index contributed by atoms with van der Waals surface area (Å²) in [6.07, 6.45) is 0. The largest absolute Gasteiger partial charge is 0.398 e. The SMILES string of the molecule is N#Cc1ccc(CBr)c(N)c1. The van der Waals surface area contributed by atoms with Crippen LogP contribution in [-0.2, 0) is 5.33 Å². The molecule has 0 bridgehead atoms. The lowest BCUT2D eigenvalue weighted by Gasteiger charge is -2.00. The van der Waals surface area contributed by atoms with E-state index in [-0.39, 0.29) is 0 Å². The molecule has 2 N–H and O–H groups in total. The summed E-state index contributed by atoms with van der Waals surface area (Å²) in [5.74, 6) is 0. The van der Waals surface area contributed by atoms with Crippen LogP contribution in [0.2, 0.25) is 0 Å². The summed E-state index contributed by atoms with van der Waals surface area (Å²) in [6, 6.07) is 7.31. The maximum absolute atomic E-state index is 8.51. The van der Waals surface area contributed by atoms with Gasteiger partial charge in [0.1, 0.15) is 0 Å². The molecule has 1 rings (SSSR count). The van der Waals surface area contributed by atoms with Crippen molar-refractivity contribution in [3.05, 3.63) is 29.3 Å². The summed E-state index contributed by atoms with van der Waals surface area (Å²) >= 11 is 3.29. The van der Waals surface area contributed by atoms with Gasteiger partial charge in [-0.05, 0) is 17.7 Å². The van der Waals surface area contributed by atoms with E-state index >= 15 is 0 Å². The van der Waals surface area contributed by atoms with Gasteiger partial charge in [0.05, 0.1) is 11.6 Å². The second-order valence-electron chi connectivity index (χ2n) is 2.16. The highest BCUT2D eigenvalue weighted by Gasteiger charge is 1.97. The van der Waals surface area contributed by atoms with Gasteiger partial charge in [0.2, 0.25) is 0 Å². The summed E-state index contributed by atoms with van der Waals surface area (Å²) in [6.45, 7) is 0. The molecule has 2 nitrogen and oxygen atoms in total. The van der Waals surface area contributed by atoms with E-state index in [2.05, 4.69) is 15.9 Å². The average Bonchev–Trinajstić information content (AvgIpc) is 2.04. The van der Waals surface area contributed by atoms with E-state index in [1.807, 2.05) is 12.1 Å². The third-order valence-corrected chi connectivity index (χ3v) is 2.02. The molecule has 1 aromatic rings. The van der Waals surface area contributed by atoms with Crippen LogP contribution in [0.5, 0.6) is 0 Å². The van der Waals surface area contributed by atoms with Crippen LogP contribution in [0.4, 0.5) is 5.69 Å². The smallest absolute Gasteiger partial charge is 0.0992 e. The number of anilines is 1. The van der Waals surface area contributed by atoms with E-state index in [9.17, 15) is 0 Å². The minimum absolute atomic E-state index is 0.604. The Labute approximate surface area is 73.8 Å². The summed E-state index contributed by atoms with van der Waals surface area (Å²) < 4.78 is 0. The van der Waals surface area contributed by atoms with Crippen LogP contribution >= 0.6 is 15.9 Å². The fourth-order valence-corrected chi connectivity index (χ4v) is 1.30. The molecule has 3 heteroatoms. The minimum atomic E-state index is 0.604. The molecule has 0 radical (unpaired) electrons. The summed E-state index contributed by atoms with van der Waals surface area (Å²) in [5.41, 5.74) is 7.92. The van der Waals surface area contributed by atoms with Crippen LogP contribution in [0.3, 0.4) is 0 Å². The van der Waals surface area contributed by atoms with E-state index in [0.29, 0.717) is 11.3 Å². The van der Waals surface area contributed by atoms with Crippen LogP contribution in [-0.4, -0.2) is 0 Å². The first kappa shape index (κ1) is 8.09. The van der Waals surface area contributed by atoms with Gasteiger partial charge in [-0.25, -0.2) is 0 Å². The predicted octanol–water partition coefficient (Wildman–Crippen LogP) is 2.04. The molecule has 11 heavy (non-hydrogen) atoms. The van der Waals surface area contributed by atoms with Crippen molar-refractivity contribution in [2.75, 3.05) is 5.73 Å². The van der Waals surface area contributed by atoms with Crippen molar-refractivity contribution >= 4 is 21.6 Å². The van der Waals surface area contributed by atoms with Gasteiger partial charge in [-0.2, -0.15) is 5.26 Å². The molecule has 0 saturated heterocycles. The van der Waals surface area contributed by atoms with Gasteiger partial charge in [0.25, 0.3) is 0 Å². The Morgan fingerprint density at radius 1 is 1.55 bits per heavy atom. The highest BCUT2D eigenvalue weighted by atomic mass is 79.9. The van der Waals surface area contributed by atoms with E-state index in [1.54, 1.807) is 12.1 Å². The number of nitriles is 1. The number of nitrogens with two attached hydrogens (primary N) is 1. The molecule has 56 valence electrons. The zero-order chi connectivity index (χ0) is 8.27. The molecule has 0 aliphatic heterocycles. The van der Waals surface area contributed by atoms with Crippen LogP contribution < -0.4 is 5.73 Å². The molecule has 0 heterocycles. The number of hydrogen-bond acceptors (Lipinski definition) is 2. The number of nitrogen functional groups attached to an aromatic ring is 1. The van der Waals surface area contributed by atoms with Crippen molar-refractivity contribution < 1.29 is 0 Å². The normalized spacial score (nSPS) is 9.09. The highest BCUT2D eigenvalue weighted by molar-refractivity contribution is 9.08. The molecule has 0 atom stereocenters. The van der Waals surface area contributed by atoms with Gasteiger partial charge in [-0.15, -0.1) is 0 Å². The summed E-state index contributed by atoms with van der Waals surface area (Å²) in [7, 11) is 0. The minimum Gasteiger partial charge on any atom is -0.398 e. The average molecular weight is 211 g/mol. The maximum atomic E-state index is 8.51. The van der Waals surface area contributed by atoms with E-state index in [0.717, 1.165) is 10.9 Å². The topological polar surface area (TPSA) is 49.8 Å². The fourth-order valence-electron chi connectivity index (χ4n) is 0.786. The van der Waals surface area contributed by atoms with Crippen LogP contribution in [0.25, 0.3) is 0 Å². The predicted molar refractivity (Wildman–Crippen MR) is 48.2 cm³/mol. The Hall–Kier alpha value is -1.01.